The number of sulfone groups is 1. The van der Waals surface area contributed by atoms with E-state index in [2.05, 4.69) is 24.1 Å². The minimum absolute atomic E-state index is 0.111. The normalized spacial score (nSPS) is 23.9. The van der Waals surface area contributed by atoms with E-state index >= 15 is 0 Å². The third-order valence-electron chi connectivity index (χ3n) is 3.91. The fraction of sp³-hybridized carbons (Fsp3) is 1.00. The van der Waals surface area contributed by atoms with Crippen LogP contribution in [-0.4, -0.2) is 71.8 Å². The Kier molecular flexibility index (Phi) is 7.60. The monoisotopic (exact) mass is 320 g/mol. The average molecular weight is 320 g/mol. The number of rotatable bonds is 9. The molecule has 0 spiro atoms. The highest BCUT2D eigenvalue weighted by Gasteiger charge is 2.33. The molecule has 1 unspecified atom stereocenters. The largest absolute Gasteiger partial charge is 0.381 e. The lowest BCUT2D eigenvalue weighted by Gasteiger charge is -2.40. The van der Waals surface area contributed by atoms with Gasteiger partial charge in [-0.2, -0.15) is 0 Å². The molecule has 1 fully saturated rings. The Hall–Kier alpha value is -0.170. The maximum atomic E-state index is 11.3. The summed E-state index contributed by atoms with van der Waals surface area (Å²) in [7, 11) is -0.893. The fourth-order valence-corrected chi connectivity index (χ4v) is 3.47. The predicted octanol–water partition coefficient (Wildman–Crippen LogP) is 1.01. The van der Waals surface area contributed by atoms with Crippen LogP contribution in [-0.2, 0) is 14.6 Å². The summed E-state index contributed by atoms with van der Waals surface area (Å²) in [5.74, 6) is 0.856. The lowest BCUT2D eigenvalue weighted by atomic mass is 9.81. The molecular weight excluding hydrogens is 288 g/mol. The summed E-state index contributed by atoms with van der Waals surface area (Å²) in [6, 6.07) is 0. The van der Waals surface area contributed by atoms with Crippen molar-refractivity contribution in [3.05, 3.63) is 0 Å². The van der Waals surface area contributed by atoms with Crippen LogP contribution in [0.25, 0.3) is 0 Å². The molecule has 0 amide bonds. The third-order valence-corrected chi connectivity index (χ3v) is 4.83. The first kappa shape index (κ1) is 18.9. The Balaban J connectivity index is 2.52. The summed E-state index contributed by atoms with van der Waals surface area (Å²) >= 11 is 0. The first-order valence-electron chi connectivity index (χ1n) is 7.87. The third kappa shape index (κ3) is 8.14. The zero-order valence-corrected chi connectivity index (χ0v) is 14.8. The molecule has 0 aromatic carbocycles. The van der Waals surface area contributed by atoms with E-state index in [4.69, 9.17) is 4.74 Å². The van der Waals surface area contributed by atoms with Gasteiger partial charge in [0.25, 0.3) is 0 Å². The molecule has 1 aliphatic heterocycles. The topological polar surface area (TPSA) is 58.6 Å². The van der Waals surface area contributed by atoms with Gasteiger partial charge in [0.05, 0.1) is 12.4 Å². The van der Waals surface area contributed by atoms with E-state index in [1.807, 2.05) is 7.05 Å². The molecule has 0 aromatic rings. The molecule has 0 aromatic heterocycles. The molecule has 0 saturated carbocycles. The minimum atomic E-state index is -2.90. The average Bonchev–Trinajstić information content (AvgIpc) is 2.36. The lowest BCUT2D eigenvalue weighted by Crippen LogP contribution is -2.49. The molecule has 1 saturated heterocycles. The van der Waals surface area contributed by atoms with Crippen LogP contribution in [0, 0.1) is 11.3 Å². The van der Waals surface area contributed by atoms with Crippen molar-refractivity contribution in [2.45, 2.75) is 26.7 Å². The van der Waals surface area contributed by atoms with Gasteiger partial charge in [-0.15, -0.1) is 0 Å². The standard InChI is InChI=1S/C15H32N2O3S/c1-14(2)10-16-11-15(6-5-8-20-13-15)12-17(3)7-9-21(4,18)19/h14,16H,5-13H2,1-4H3. The van der Waals surface area contributed by atoms with E-state index in [0.717, 1.165) is 45.7 Å². The van der Waals surface area contributed by atoms with Gasteiger partial charge in [-0.05, 0) is 32.4 Å². The van der Waals surface area contributed by atoms with E-state index < -0.39 is 9.84 Å². The van der Waals surface area contributed by atoms with Crippen LogP contribution in [0.15, 0.2) is 0 Å². The van der Waals surface area contributed by atoms with Crippen molar-refractivity contribution in [1.82, 2.24) is 10.2 Å². The number of ether oxygens (including phenoxy) is 1. The van der Waals surface area contributed by atoms with Crippen molar-refractivity contribution in [3.63, 3.8) is 0 Å². The molecule has 1 atom stereocenters. The van der Waals surface area contributed by atoms with Crippen molar-refractivity contribution in [3.8, 4) is 0 Å². The minimum Gasteiger partial charge on any atom is -0.381 e. The first-order valence-corrected chi connectivity index (χ1v) is 9.93. The molecule has 0 bridgehead atoms. The quantitative estimate of drug-likeness (QED) is 0.687. The van der Waals surface area contributed by atoms with Gasteiger partial charge in [-0.3, -0.25) is 0 Å². The highest BCUT2D eigenvalue weighted by Crippen LogP contribution is 2.29. The highest BCUT2D eigenvalue weighted by atomic mass is 32.2. The van der Waals surface area contributed by atoms with Gasteiger partial charge in [0.2, 0.25) is 0 Å². The number of nitrogens with zero attached hydrogens (tertiary/aromatic N) is 1. The Morgan fingerprint density at radius 1 is 1.38 bits per heavy atom. The second kappa shape index (κ2) is 8.46. The van der Waals surface area contributed by atoms with Gasteiger partial charge >= 0.3 is 0 Å². The molecule has 6 heteroatoms. The zero-order valence-electron chi connectivity index (χ0n) is 14.0. The van der Waals surface area contributed by atoms with Crippen LogP contribution >= 0.6 is 0 Å². The van der Waals surface area contributed by atoms with E-state index in [0.29, 0.717) is 12.5 Å². The predicted molar refractivity (Wildman–Crippen MR) is 87.4 cm³/mol. The van der Waals surface area contributed by atoms with Gasteiger partial charge in [-0.1, -0.05) is 13.8 Å². The summed E-state index contributed by atoms with van der Waals surface area (Å²) < 4.78 is 28.3. The fourth-order valence-electron chi connectivity index (χ4n) is 2.83. The Morgan fingerprint density at radius 3 is 2.62 bits per heavy atom. The Bertz CT molecular complexity index is 390. The maximum absolute atomic E-state index is 11.3. The van der Waals surface area contributed by atoms with Crippen LogP contribution < -0.4 is 5.32 Å². The maximum Gasteiger partial charge on any atom is 0.148 e. The summed E-state index contributed by atoms with van der Waals surface area (Å²) in [5, 5.41) is 3.55. The summed E-state index contributed by atoms with van der Waals surface area (Å²) in [6.07, 6.45) is 3.52. The van der Waals surface area contributed by atoms with Crippen LogP contribution in [0.5, 0.6) is 0 Å². The molecule has 126 valence electrons. The summed E-state index contributed by atoms with van der Waals surface area (Å²) in [6.45, 7) is 9.44. The summed E-state index contributed by atoms with van der Waals surface area (Å²) in [4.78, 5) is 2.13. The van der Waals surface area contributed by atoms with Crippen molar-refractivity contribution >= 4 is 9.84 Å². The van der Waals surface area contributed by atoms with Crippen LogP contribution in [0.4, 0.5) is 0 Å². The van der Waals surface area contributed by atoms with Gasteiger partial charge < -0.3 is 15.0 Å². The molecule has 1 heterocycles. The molecule has 21 heavy (non-hydrogen) atoms. The lowest BCUT2D eigenvalue weighted by molar-refractivity contribution is -0.0221. The van der Waals surface area contributed by atoms with Crippen LogP contribution in [0.2, 0.25) is 0 Å². The molecule has 0 radical (unpaired) electrons. The van der Waals surface area contributed by atoms with Crippen LogP contribution in [0.3, 0.4) is 0 Å². The van der Waals surface area contributed by atoms with Crippen molar-refractivity contribution in [1.29, 1.82) is 0 Å². The SMILES string of the molecule is CC(C)CNCC1(CN(C)CCS(C)(=O)=O)CCCOC1. The zero-order chi connectivity index (χ0) is 15.9. The summed E-state index contributed by atoms with van der Waals surface area (Å²) in [5.41, 5.74) is 0.111. The Labute approximate surface area is 130 Å². The van der Waals surface area contributed by atoms with Gasteiger partial charge in [0.15, 0.2) is 0 Å². The molecule has 0 aliphatic carbocycles. The molecule has 1 N–H and O–H groups in total. The van der Waals surface area contributed by atoms with Gasteiger partial charge in [0.1, 0.15) is 9.84 Å². The number of hydrogen-bond donors (Lipinski definition) is 1. The van der Waals surface area contributed by atoms with Gasteiger partial charge in [-0.25, -0.2) is 8.42 Å². The van der Waals surface area contributed by atoms with Crippen molar-refractivity contribution in [2.75, 3.05) is 58.4 Å². The second-order valence-corrected chi connectivity index (χ2v) is 9.31. The number of nitrogens with one attached hydrogen (secondary N) is 1. The smallest absolute Gasteiger partial charge is 0.148 e. The van der Waals surface area contributed by atoms with Crippen LogP contribution in [0.1, 0.15) is 26.7 Å². The van der Waals surface area contributed by atoms with E-state index in [9.17, 15) is 8.42 Å². The van der Waals surface area contributed by atoms with E-state index in [1.54, 1.807) is 0 Å². The molecule has 5 nitrogen and oxygen atoms in total. The molecule has 1 rings (SSSR count). The molecule has 1 aliphatic rings. The molecular formula is C15H32N2O3S. The van der Waals surface area contributed by atoms with E-state index in [-0.39, 0.29) is 11.2 Å². The first-order chi connectivity index (χ1) is 9.72. The van der Waals surface area contributed by atoms with Crippen molar-refractivity contribution < 1.29 is 13.2 Å². The highest BCUT2D eigenvalue weighted by molar-refractivity contribution is 7.90. The van der Waals surface area contributed by atoms with E-state index in [1.165, 1.54) is 6.26 Å². The Morgan fingerprint density at radius 2 is 2.10 bits per heavy atom. The van der Waals surface area contributed by atoms with Crippen molar-refractivity contribution in [2.24, 2.45) is 11.3 Å². The second-order valence-electron chi connectivity index (χ2n) is 7.05. The van der Waals surface area contributed by atoms with Gasteiger partial charge in [0, 0.05) is 37.9 Å². The number of hydrogen-bond acceptors (Lipinski definition) is 5.